The maximum Gasteiger partial charge on any atom is 0.240 e. The minimum atomic E-state index is -0.241. The molecule has 0 aromatic carbocycles. The lowest BCUT2D eigenvalue weighted by Crippen LogP contribution is -2.51. The lowest BCUT2D eigenvalue weighted by Gasteiger charge is -2.37. The van der Waals surface area contributed by atoms with E-state index in [1.54, 1.807) is 0 Å². The predicted molar refractivity (Wildman–Crippen MR) is 116 cm³/mol. The largest absolute Gasteiger partial charge is 0.351 e. The molecule has 7 heteroatoms. The highest BCUT2D eigenvalue weighted by atomic mass is 32.1. The van der Waals surface area contributed by atoms with E-state index in [9.17, 15) is 9.59 Å². The van der Waals surface area contributed by atoms with E-state index in [0.717, 1.165) is 36.4 Å². The normalized spacial score (nSPS) is 18.8. The van der Waals surface area contributed by atoms with E-state index in [2.05, 4.69) is 55.1 Å². The summed E-state index contributed by atoms with van der Waals surface area (Å²) in [4.78, 5) is 32.7. The lowest BCUT2D eigenvalue weighted by molar-refractivity contribution is -0.129. The Hall–Kier alpha value is -1.47. The predicted octanol–water partition coefficient (Wildman–Crippen LogP) is 3.74. The van der Waals surface area contributed by atoms with Crippen LogP contribution >= 0.6 is 11.3 Å². The minimum Gasteiger partial charge on any atom is -0.351 e. The smallest absolute Gasteiger partial charge is 0.240 e. The number of nitrogens with one attached hydrogen (secondary N) is 2. The zero-order valence-corrected chi connectivity index (χ0v) is 19.3. The number of piperidine rings is 1. The van der Waals surface area contributed by atoms with Crippen molar-refractivity contribution in [3.8, 4) is 0 Å². The number of aromatic nitrogens is 1. The molecule has 158 valence electrons. The number of carbonyl (C=O) groups excluding carboxylic acids is 2. The molecule has 1 aliphatic heterocycles. The molecule has 1 atom stereocenters. The molecule has 1 fully saturated rings. The molecule has 2 heterocycles. The van der Waals surface area contributed by atoms with Gasteiger partial charge in [-0.05, 0) is 58.9 Å². The molecular formula is C21H36N4O2S. The minimum absolute atomic E-state index is 0.0647. The highest BCUT2D eigenvalue weighted by Crippen LogP contribution is 2.28. The van der Waals surface area contributed by atoms with Gasteiger partial charge in [0.25, 0.3) is 0 Å². The van der Waals surface area contributed by atoms with E-state index < -0.39 is 0 Å². The van der Waals surface area contributed by atoms with E-state index in [1.165, 1.54) is 11.3 Å². The molecule has 28 heavy (non-hydrogen) atoms. The van der Waals surface area contributed by atoms with E-state index >= 15 is 0 Å². The molecule has 1 aromatic heterocycles. The van der Waals surface area contributed by atoms with Gasteiger partial charge >= 0.3 is 0 Å². The lowest BCUT2D eigenvalue weighted by atomic mass is 9.81. The summed E-state index contributed by atoms with van der Waals surface area (Å²) in [6.07, 6.45) is 2.72. The van der Waals surface area contributed by atoms with Crippen LogP contribution in [0.5, 0.6) is 0 Å². The number of anilines is 1. The number of carbonyl (C=O) groups is 2. The SMILES string of the molecule is Cc1nc(NC(=O)CN2CCCC(C(=O)NC(C)(C)CC(C)(C)C)C2)sc1C. The van der Waals surface area contributed by atoms with Gasteiger partial charge in [0.05, 0.1) is 18.2 Å². The molecule has 0 saturated carbocycles. The van der Waals surface area contributed by atoms with E-state index in [1.807, 2.05) is 13.8 Å². The van der Waals surface area contributed by atoms with Gasteiger partial charge in [0.15, 0.2) is 5.13 Å². The van der Waals surface area contributed by atoms with Crippen LogP contribution in [0.3, 0.4) is 0 Å². The molecule has 1 unspecified atom stereocenters. The summed E-state index contributed by atoms with van der Waals surface area (Å²) in [6.45, 7) is 16.4. The maximum absolute atomic E-state index is 12.8. The van der Waals surface area contributed by atoms with E-state index in [0.29, 0.717) is 18.2 Å². The molecule has 0 aliphatic carbocycles. The fraction of sp³-hybridized carbons (Fsp3) is 0.762. The molecule has 1 aromatic rings. The van der Waals surface area contributed by atoms with Crippen LogP contribution in [0, 0.1) is 25.2 Å². The van der Waals surface area contributed by atoms with Crippen molar-refractivity contribution < 1.29 is 9.59 Å². The van der Waals surface area contributed by atoms with Crippen LogP contribution in [0.15, 0.2) is 0 Å². The number of hydrogen-bond donors (Lipinski definition) is 2. The van der Waals surface area contributed by atoms with Crippen molar-refractivity contribution in [1.82, 2.24) is 15.2 Å². The molecule has 2 amide bonds. The number of rotatable bonds is 6. The highest BCUT2D eigenvalue weighted by molar-refractivity contribution is 7.15. The quantitative estimate of drug-likeness (QED) is 0.752. The van der Waals surface area contributed by atoms with Gasteiger partial charge in [-0.25, -0.2) is 4.98 Å². The summed E-state index contributed by atoms with van der Waals surface area (Å²) in [6, 6.07) is 0. The number of thiazole rings is 1. The Morgan fingerprint density at radius 2 is 1.89 bits per heavy atom. The Balaban J connectivity index is 1.87. The number of nitrogens with zero attached hydrogens (tertiary/aromatic N) is 2. The Morgan fingerprint density at radius 3 is 2.46 bits per heavy atom. The van der Waals surface area contributed by atoms with Gasteiger partial charge in [-0.1, -0.05) is 20.8 Å². The first-order valence-electron chi connectivity index (χ1n) is 10.1. The van der Waals surface area contributed by atoms with E-state index in [4.69, 9.17) is 0 Å². The molecule has 2 rings (SSSR count). The Labute approximate surface area is 173 Å². The molecule has 0 bridgehead atoms. The average Bonchev–Trinajstić information content (AvgIpc) is 2.82. The van der Waals surface area contributed by atoms with Gasteiger partial charge in [0.2, 0.25) is 11.8 Å². The Kier molecular flexibility index (Phi) is 7.26. The molecule has 0 spiro atoms. The van der Waals surface area contributed by atoms with Gasteiger partial charge in [-0.2, -0.15) is 0 Å². The van der Waals surface area contributed by atoms with Gasteiger partial charge in [0.1, 0.15) is 0 Å². The number of aryl methyl sites for hydroxylation is 2. The van der Waals surface area contributed by atoms with Crippen molar-refractivity contribution in [3.05, 3.63) is 10.6 Å². The number of amides is 2. The third-order valence-electron chi connectivity index (χ3n) is 4.95. The van der Waals surface area contributed by atoms with Crippen molar-refractivity contribution in [2.24, 2.45) is 11.3 Å². The van der Waals surface area contributed by atoms with Crippen molar-refractivity contribution in [2.75, 3.05) is 25.0 Å². The van der Waals surface area contributed by atoms with Crippen LogP contribution in [0.4, 0.5) is 5.13 Å². The van der Waals surface area contributed by atoms with Crippen molar-refractivity contribution in [3.63, 3.8) is 0 Å². The fourth-order valence-electron chi connectivity index (χ4n) is 4.11. The van der Waals surface area contributed by atoms with Crippen LogP contribution in [-0.2, 0) is 9.59 Å². The number of likely N-dealkylation sites (tertiary alicyclic amines) is 1. The van der Waals surface area contributed by atoms with Crippen LogP contribution < -0.4 is 10.6 Å². The summed E-state index contributed by atoms with van der Waals surface area (Å²) in [5.74, 6) is -0.0291. The second-order valence-electron chi connectivity index (χ2n) is 9.89. The summed E-state index contributed by atoms with van der Waals surface area (Å²) in [5, 5.41) is 6.76. The van der Waals surface area contributed by atoms with Crippen LogP contribution in [0.25, 0.3) is 0 Å². The monoisotopic (exact) mass is 408 g/mol. The van der Waals surface area contributed by atoms with Gasteiger partial charge in [-0.15, -0.1) is 11.3 Å². The second-order valence-corrected chi connectivity index (χ2v) is 11.1. The third kappa shape index (κ3) is 7.17. The summed E-state index contributed by atoms with van der Waals surface area (Å²) in [5.41, 5.74) is 0.864. The standard InChI is InChI=1S/C21H36N4O2S/c1-14-15(2)28-19(22-14)23-17(26)12-25-10-8-9-16(11-25)18(27)24-21(6,7)13-20(3,4)5/h16H,8-13H2,1-7H3,(H,24,27)(H,22,23,26). The first-order valence-corrected chi connectivity index (χ1v) is 10.9. The maximum atomic E-state index is 12.8. The van der Waals surface area contributed by atoms with E-state index in [-0.39, 0.29) is 28.7 Å². The van der Waals surface area contributed by atoms with Crippen molar-refractivity contribution in [2.45, 2.75) is 73.3 Å². The zero-order chi connectivity index (χ0) is 21.1. The van der Waals surface area contributed by atoms with Crippen LogP contribution in [0.1, 0.15) is 64.5 Å². The fourth-order valence-corrected chi connectivity index (χ4v) is 4.94. The molecule has 1 saturated heterocycles. The molecule has 1 aliphatic rings. The van der Waals surface area contributed by atoms with Crippen LogP contribution in [0.2, 0.25) is 0 Å². The van der Waals surface area contributed by atoms with Gasteiger partial charge in [0, 0.05) is 17.0 Å². The molecule has 6 nitrogen and oxygen atoms in total. The second kappa shape index (κ2) is 8.91. The topological polar surface area (TPSA) is 74.3 Å². The highest BCUT2D eigenvalue weighted by Gasteiger charge is 2.32. The molecular weight excluding hydrogens is 372 g/mol. The van der Waals surface area contributed by atoms with Gasteiger partial charge < -0.3 is 10.6 Å². The summed E-state index contributed by atoms with van der Waals surface area (Å²) in [7, 11) is 0. The third-order valence-corrected chi connectivity index (χ3v) is 5.94. The van der Waals surface area contributed by atoms with Crippen molar-refractivity contribution >= 4 is 28.3 Å². The summed E-state index contributed by atoms with van der Waals surface area (Å²) >= 11 is 1.50. The van der Waals surface area contributed by atoms with Gasteiger partial charge in [-0.3, -0.25) is 14.5 Å². The molecule has 0 radical (unpaired) electrons. The average molecular weight is 409 g/mol. The Bertz CT molecular complexity index is 686. The zero-order valence-electron chi connectivity index (χ0n) is 18.4. The van der Waals surface area contributed by atoms with Crippen LogP contribution in [-0.4, -0.2) is 46.9 Å². The first kappa shape index (κ1) is 22.8. The summed E-state index contributed by atoms with van der Waals surface area (Å²) < 4.78 is 0. The molecule has 2 N–H and O–H groups in total. The first-order chi connectivity index (χ1) is 12.8. The van der Waals surface area contributed by atoms with Crippen molar-refractivity contribution in [1.29, 1.82) is 0 Å². The Morgan fingerprint density at radius 1 is 1.21 bits per heavy atom. The number of hydrogen-bond acceptors (Lipinski definition) is 5.